The maximum absolute atomic E-state index is 12.2. The van der Waals surface area contributed by atoms with E-state index >= 15 is 0 Å². The van der Waals surface area contributed by atoms with Gasteiger partial charge in [0, 0.05) is 13.1 Å². The molecule has 0 saturated carbocycles. The largest absolute Gasteiger partial charge is 0.481 e. The summed E-state index contributed by atoms with van der Waals surface area (Å²) in [6, 6.07) is 0. The number of hydrogen-bond donors (Lipinski definition) is 1. The van der Waals surface area contributed by atoms with Gasteiger partial charge in [-0.05, 0) is 26.2 Å². The highest BCUT2D eigenvalue weighted by Crippen LogP contribution is 2.34. The van der Waals surface area contributed by atoms with Gasteiger partial charge in [0.15, 0.2) is 0 Å². The molecule has 1 fully saturated rings. The molecule has 1 atom stereocenters. The molecule has 0 spiro atoms. The molecule has 122 valence electrons. The first kappa shape index (κ1) is 17.9. The van der Waals surface area contributed by atoms with Crippen molar-refractivity contribution in [2.75, 3.05) is 25.4 Å². The van der Waals surface area contributed by atoms with Crippen LogP contribution in [0.2, 0.25) is 0 Å². The van der Waals surface area contributed by atoms with Crippen molar-refractivity contribution in [1.29, 1.82) is 0 Å². The van der Waals surface area contributed by atoms with E-state index in [1.807, 2.05) is 0 Å². The van der Waals surface area contributed by atoms with E-state index in [0.717, 1.165) is 0 Å². The molecular weight excluding hydrogens is 298 g/mol. The van der Waals surface area contributed by atoms with E-state index in [4.69, 9.17) is 4.74 Å². The molecule has 1 rings (SSSR count). The van der Waals surface area contributed by atoms with Gasteiger partial charge < -0.3 is 9.84 Å². The van der Waals surface area contributed by atoms with Crippen molar-refractivity contribution >= 4 is 22.0 Å². The van der Waals surface area contributed by atoms with Gasteiger partial charge in [-0.2, -0.15) is 0 Å². The van der Waals surface area contributed by atoms with Gasteiger partial charge in [-0.25, -0.2) is 12.7 Å². The SMILES string of the molecule is CCOC(=O)CCS(=O)(=O)N1CCCC(CC)(C(=O)O)C1. The lowest BCUT2D eigenvalue weighted by atomic mass is 9.78. The van der Waals surface area contributed by atoms with E-state index < -0.39 is 27.4 Å². The number of hydrogen-bond acceptors (Lipinski definition) is 5. The molecule has 7 nitrogen and oxygen atoms in total. The summed E-state index contributed by atoms with van der Waals surface area (Å²) in [6.07, 6.45) is 1.16. The quantitative estimate of drug-likeness (QED) is 0.698. The van der Waals surface area contributed by atoms with E-state index in [-0.39, 0.29) is 25.3 Å². The number of carboxylic acids is 1. The molecule has 0 aromatic rings. The molecule has 1 aliphatic heterocycles. The van der Waals surface area contributed by atoms with Crippen molar-refractivity contribution in [2.24, 2.45) is 5.41 Å². The Morgan fingerprint density at radius 3 is 2.52 bits per heavy atom. The molecule has 0 aromatic heterocycles. The van der Waals surface area contributed by atoms with E-state index in [0.29, 0.717) is 25.8 Å². The second-order valence-electron chi connectivity index (χ2n) is 5.25. The first-order valence-electron chi connectivity index (χ1n) is 7.14. The molecule has 0 amide bonds. The Kier molecular flexibility index (Phi) is 6.15. The Bertz CT molecular complexity index is 489. The Balaban J connectivity index is 2.74. The van der Waals surface area contributed by atoms with E-state index in [9.17, 15) is 23.1 Å². The predicted molar refractivity (Wildman–Crippen MR) is 76.2 cm³/mol. The van der Waals surface area contributed by atoms with Gasteiger partial charge in [-0.1, -0.05) is 6.92 Å². The van der Waals surface area contributed by atoms with Gasteiger partial charge in [-0.3, -0.25) is 9.59 Å². The highest BCUT2D eigenvalue weighted by molar-refractivity contribution is 7.89. The maximum atomic E-state index is 12.2. The van der Waals surface area contributed by atoms with Crippen molar-refractivity contribution in [1.82, 2.24) is 4.31 Å². The third-order valence-electron chi connectivity index (χ3n) is 3.94. The molecule has 0 bridgehead atoms. The summed E-state index contributed by atoms with van der Waals surface area (Å²) in [7, 11) is -3.64. The first-order valence-corrected chi connectivity index (χ1v) is 8.75. The molecule has 8 heteroatoms. The van der Waals surface area contributed by atoms with Crippen LogP contribution in [-0.4, -0.2) is 55.2 Å². The van der Waals surface area contributed by atoms with Crippen LogP contribution in [0.1, 0.15) is 39.5 Å². The topological polar surface area (TPSA) is 101 Å². The fourth-order valence-electron chi connectivity index (χ4n) is 2.52. The van der Waals surface area contributed by atoms with E-state index in [1.54, 1.807) is 13.8 Å². The number of carbonyl (C=O) groups excluding carboxylic acids is 1. The van der Waals surface area contributed by atoms with Gasteiger partial charge in [0.1, 0.15) is 0 Å². The minimum Gasteiger partial charge on any atom is -0.481 e. The van der Waals surface area contributed by atoms with Gasteiger partial charge >= 0.3 is 11.9 Å². The minimum atomic E-state index is -3.64. The summed E-state index contributed by atoms with van der Waals surface area (Å²) in [5.74, 6) is -1.86. The average Bonchev–Trinajstić information content (AvgIpc) is 2.45. The second-order valence-corrected chi connectivity index (χ2v) is 7.34. The minimum absolute atomic E-state index is 0.0238. The van der Waals surface area contributed by atoms with Crippen LogP contribution in [0, 0.1) is 5.41 Å². The number of aliphatic carboxylic acids is 1. The fourth-order valence-corrected chi connectivity index (χ4v) is 4.05. The lowest BCUT2D eigenvalue weighted by Gasteiger charge is -2.38. The summed E-state index contributed by atoms with van der Waals surface area (Å²) in [5, 5.41) is 9.36. The van der Waals surface area contributed by atoms with Crippen molar-refractivity contribution in [3.63, 3.8) is 0 Å². The number of sulfonamides is 1. The summed E-state index contributed by atoms with van der Waals surface area (Å²) in [4.78, 5) is 22.7. The van der Waals surface area contributed by atoms with Crippen molar-refractivity contribution in [2.45, 2.75) is 39.5 Å². The highest BCUT2D eigenvalue weighted by Gasteiger charge is 2.43. The van der Waals surface area contributed by atoms with Crippen LogP contribution < -0.4 is 0 Å². The van der Waals surface area contributed by atoms with Crippen LogP contribution in [0.3, 0.4) is 0 Å². The number of carbonyl (C=O) groups is 2. The zero-order valence-corrected chi connectivity index (χ0v) is 13.3. The normalized spacial score (nSPS) is 23.7. The standard InChI is InChI=1S/C13H23NO6S/c1-3-13(12(16)17)7-5-8-14(10-13)21(18,19)9-6-11(15)20-4-2/h3-10H2,1-2H3,(H,16,17). The number of ether oxygens (including phenoxy) is 1. The third-order valence-corrected chi connectivity index (χ3v) is 5.75. The lowest BCUT2D eigenvalue weighted by molar-refractivity contribution is -0.151. The van der Waals surface area contributed by atoms with Crippen LogP contribution in [-0.2, 0) is 24.3 Å². The van der Waals surface area contributed by atoms with Crippen molar-refractivity contribution < 1.29 is 27.9 Å². The number of carboxylic acid groups (broad SMARTS) is 1. The van der Waals surface area contributed by atoms with Crippen LogP contribution in [0.15, 0.2) is 0 Å². The van der Waals surface area contributed by atoms with Crippen LogP contribution in [0.25, 0.3) is 0 Å². The zero-order valence-electron chi connectivity index (χ0n) is 12.5. The molecule has 1 aliphatic rings. The summed E-state index contributed by atoms with van der Waals surface area (Å²) in [5.41, 5.74) is -1.02. The van der Waals surface area contributed by atoms with Gasteiger partial charge in [0.05, 0.1) is 24.2 Å². The van der Waals surface area contributed by atoms with E-state index in [1.165, 1.54) is 4.31 Å². The Hall–Kier alpha value is -1.15. The molecule has 0 aliphatic carbocycles. The smallest absolute Gasteiger partial charge is 0.310 e. The molecular formula is C13H23NO6S. The fraction of sp³-hybridized carbons (Fsp3) is 0.846. The van der Waals surface area contributed by atoms with Gasteiger partial charge in [0.25, 0.3) is 0 Å². The summed E-state index contributed by atoms with van der Waals surface area (Å²) >= 11 is 0. The molecule has 1 N–H and O–H groups in total. The number of esters is 1. The first-order chi connectivity index (χ1) is 9.77. The van der Waals surface area contributed by atoms with Crippen LogP contribution >= 0.6 is 0 Å². The number of nitrogens with zero attached hydrogens (tertiary/aromatic N) is 1. The Morgan fingerprint density at radius 1 is 1.33 bits per heavy atom. The Labute approximate surface area is 125 Å². The van der Waals surface area contributed by atoms with Crippen molar-refractivity contribution in [3.8, 4) is 0 Å². The summed E-state index contributed by atoms with van der Waals surface area (Å²) < 4.78 is 30.4. The Morgan fingerprint density at radius 2 is 2.00 bits per heavy atom. The zero-order chi connectivity index (χ0) is 16.1. The van der Waals surface area contributed by atoms with Gasteiger partial charge in [0.2, 0.25) is 10.0 Å². The average molecular weight is 321 g/mol. The van der Waals surface area contributed by atoms with E-state index in [2.05, 4.69) is 0 Å². The van der Waals surface area contributed by atoms with Gasteiger partial charge in [-0.15, -0.1) is 0 Å². The van der Waals surface area contributed by atoms with Crippen LogP contribution in [0.4, 0.5) is 0 Å². The monoisotopic (exact) mass is 321 g/mol. The third kappa shape index (κ3) is 4.41. The number of piperidine rings is 1. The molecule has 1 heterocycles. The molecule has 0 aromatic carbocycles. The molecule has 0 radical (unpaired) electrons. The highest BCUT2D eigenvalue weighted by atomic mass is 32.2. The number of rotatable bonds is 7. The molecule has 1 saturated heterocycles. The lowest BCUT2D eigenvalue weighted by Crippen LogP contribution is -2.50. The second kappa shape index (κ2) is 7.22. The van der Waals surface area contributed by atoms with Crippen molar-refractivity contribution in [3.05, 3.63) is 0 Å². The van der Waals surface area contributed by atoms with Crippen LogP contribution in [0.5, 0.6) is 0 Å². The molecule has 1 unspecified atom stereocenters. The molecule has 21 heavy (non-hydrogen) atoms. The maximum Gasteiger partial charge on any atom is 0.310 e. The summed E-state index contributed by atoms with van der Waals surface area (Å²) in [6.45, 7) is 3.90. The predicted octanol–water partition coefficient (Wildman–Crippen LogP) is 0.846.